The SMILES string of the molecule is O=C(N[C@@H]1CCCNC1=O)N[C@@H]1CCC[C@H]1c1ccc(Cl)cc1. The van der Waals surface area contributed by atoms with Crippen LogP contribution >= 0.6 is 11.6 Å². The first-order chi connectivity index (χ1) is 11.1. The van der Waals surface area contributed by atoms with E-state index < -0.39 is 6.04 Å². The maximum atomic E-state index is 12.2. The van der Waals surface area contributed by atoms with Crippen molar-refractivity contribution in [1.82, 2.24) is 16.0 Å². The number of nitrogens with one attached hydrogen (secondary N) is 3. The molecule has 1 heterocycles. The normalized spacial score (nSPS) is 27.3. The summed E-state index contributed by atoms with van der Waals surface area (Å²) in [6, 6.07) is 7.26. The third-order valence-electron chi connectivity index (χ3n) is 4.72. The molecular formula is C17H22ClN3O2. The van der Waals surface area contributed by atoms with E-state index >= 15 is 0 Å². The van der Waals surface area contributed by atoms with Crippen molar-refractivity contribution < 1.29 is 9.59 Å². The summed E-state index contributed by atoms with van der Waals surface area (Å²) in [6.07, 6.45) is 4.69. The minimum atomic E-state index is -0.417. The fourth-order valence-corrected chi connectivity index (χ4v) is 3.65. The maximum Gasteiger partial charge on any atom is 0.315 e. The van der Waals surface area contributed by atoms with Gasteiger partial charge in [0.05, 0.1) is 0 Å². The second kappa shape index (κ2) is 7.21. The Hall–Kier alpha value is -1.75. The van der Waals surface area contributed by atoms with Gasteiger partial charge in [-0.3, -0.25) is 4.79 Å². The van der Waals surface area contributed by atoms with Gasteiger partial charge in [-0.15, -0.1) is 0 Å². The smallest absolute Gasteiger partial charge is 0.315 e. The van der Waals surface area contributed by atoms with Crippen LogP contribution in [-0.2, 0) is 4.79 Å². The van der Waals surface area contributed by atoms with Gasteiger partial charge in [0.25, 0.3) is 0 Å². The van der Waals surface area contributed by atoms with Crippen LogP contribution in [0.4, 0.5) is 4.79 Å². The van der Waals surface area contributed by atoms with Crippen molar-refractivity contribution in [3.8, 4) is 0 Å². The Morgan fingerprint density at radius 2 is 1.87 bits per heavy atom. The molecule has 0 aromatic heterocycles. The minimum absolute atomic E-state index is 0.0907. The van der Waals surface area contributed by atoms with Gasteiger partial charge in [0.1, 0.15) is 6.04 Å². The van der Waals surface area contributed by atoms with Gasteiger partial charge in [-0.25, -0.2) is 4.79 Å². The van der Waals surface area contributed by atoms with Gasteiger partial charge in [0, 0.05) is 23.5 Å². The summed E-state index contributed by atoms with van der Waals surface area (Å²) in [6.45, 7) is 0.694. The third kappa shape index (κ3) is 3.96. The highest BCUT2D eigenvalue weighted by Crippen LogP contribution is 2.35. The molecule has 2 aliphatic rings. The van der Waals surface area contributed by atoms with E-state index in [0.29, 0.717) is 18.9 Å². The largest absolute Gasteiger partial charge is 0.354 e. The summed E-state index contributed by atoms with van der Waals surface area (Å²) in [4.78, 5) is 23.9. The third-order valence-corrected chi connectivity index (χ3v) is 4.97. The molecule has 2 fully saturated rings. The molecule has 23 heavy (non-hydrogen) atoms. The van der Waals surface area contributed by atoms with Gasteiger partial charge in [-0.05, 0) is 43.4 Å². The Morgan fingerprint density at radius 3 is 2.61 bits per heavy atom. The van der Waals surface area contributed by atoms with Crippen LogP contribution in [0.15, 0.2) is 24.3 Å². The summed E-state index contributed by atoms with van der Waals surface area (Å²) >= 11 is 5.94. The lowest BCUT2D eigenvalue weighted by atomic mass is 9.94. The summed E-state index contributed by atoms with van der Waals surface area (Å²) in [5.74, 6) is 0.213. The molecule has 0 spiro atoms. The first-order valence-corrected chi connectivity index (χ1v) is 8.61. The molecule has 0 radical (unpaired) electrons. The number of urea groups is 1. The Kier molecular flexibility index (Phi) is 5.06. The molecule has 1 saturated heterocycles. The van der Waals surface area contributed by atoms with Crippen LogP contribution in [-0.4, -0.2) is 30.6 Å². The number of halogens is 1. The number of amides is 3. The molecule has 3 rings (SSSR count). The van der Waals surface area contributed by atoms with Crippen molar-refractivity contribution in [1.29, 1.82) is 0 Å². The Morgan fingerprint density at radius 1 is 1.09 bits per heavy atom. The molecule has 1 aromatic carbocycles. The van der Waals surface area contributed by atoms with Gasteiger partial charge < -0.3 is 16.0 Å². The molecule has 6 heteroatoms. The second-order valence-electron chi connectivity index (χ2n) is 6.30. The number of piperidine rings is 1. The minimum Gasteiger partial charge on any atom is -0.354 e. The number of hydrogen-bond acceptors (Lipinski definition) is 2. The van der Waals surface area contributed by atoms with E-state index in [9.17, 15) is 9.59 Å². The Labute approximate surface area is 141 Å². The highest BCUT2D eigenvalue weighted by atomic mass is 35.5. The summed E-state index contributed by atoms with van der Waals surface area (Å²) in [7, 11) is 0. The van der Waals surface area contributed by atoms with Gasteiger partial charge >= 0.3 is 6.03 Å². The van der Waals surface area contributed by atoms with Crippen molar-refractivity contribution in [3.63, 3.8) is 0 Å². The lowest BCUT2D eigenvalue weighted by Gasteiger charge is -2.26. The number of carbonyl (C=O) groups excluding carboxylic acids is 2. The molecule has 1 aromatic rings. The van der Waals surface area contributed by atoms with Crippen molar-refractivity contribution in [2.75, 3.05) is 6.54 Å². The molecule has 124 valence electrons. The standard InChI is InChI=1S/C17H22ClN3O2/c18-12-8-6-11(7-9-12)13-3-1-4-14(13)20-17(23)21-15-5-2-10-19-16(15)22/h6-9,13-15H,1-5,10H2,(H,19,22)(H2,20,21,23)/t13-,14+,15+/m0/s1. The molecule has 1 aliphatic heterocycles. The maximum absolute atomic E-state index is 12.2. The Balaban J connectivity index is 1.58. The lowest BCUT2D eigenvalue weighted by Crippen LogP contribution is -2.54. The average molecular weight is 336 g/mol. The summed E-state index contributed by atoms with van der Waals surface area (Å²) in [5, 5.41) is 9.34. The molecule has 0 bridgehead atoms. The van der Waals surface area contributed by atoms with Crippen molar-refractivity contribution in [2.45, 2.75) is 50.1 Å². The van der Waals surface area contributed by atoms with E-state index in [-0.39, 0.29) is 18.0 Å². The zero-order chi connectivity index (χ0) is 16.2. The van der Waals surface area contributed by atoms with Gasteiger partial charge in [0.2, 0.25) is 5.91 Å². The molecule has 5 nitrogen and oxygen atoms in total. The summed E-state index contributed by atoms with van der Waals surface area (Å²) < 4.78 is 0. The van der Waals surface area contributed by atoms with Crippen LogP contribution < -0.4 is 16.0 Å². The summed E-state index contributed by atoms with van der Waals surface area (Å²) in [5.41, 5.74) is 1.20. The van der Waals surface area contributed by atoms with E-state index in [1.165, 1.54) is 5.56 Å². The van der Waals surface area contributed by atoms with Crippen molar-refractivity contribution in [3.05, 3.63) is 34.9 Å². The van der Waals surface area contributed by atoms with E-state index in [1.54, 1.807) is 0 Å². The topological polar surface area (TPSA) is 70.2 Å². The van der Waals surface area contributed by atoms with Crippen LogP contribution in [0.2, 0.25) is 5.02 Å². The van der Waals surface area contributed by atoms with Crippen LogP contribution in [0.3, 0.4) is 0 Å². The predicted octanol–water partition coefficient (Wildman–Crippen LogP) is 2.55. The second-order valence-corrected chi connectivity index (χ2v) is 6.74. The van der Waals surface area contributed by atoms with Crippen LogP contribution in [0, 0.1) is 0 Å². The molecule has 3 amide bonds. The number of benzene rings is 1. The first kappa shape index (κ1) is 16.1. The van der Waals surface area contributed by atoms with E-state index in [4.69, 9.17) is 11.6 Å². The lowest BCUT2D eigenvalue weighted by molar-refractivity contribution is -0.124. The molecule has 0 unspecified atom stereocenters. The monoisotopic (exact) mass is 335 g/mol. The molecule has 1 aliphatic carbocycles. The van der Waals surface area contributed by atoms with Crippen LogP contribution in [0.1, 0.15) is 43.6 Å². The van der Waals surface area contributed by atoms with Gasteiger partial charge in [0.15, 0.2) is 0 Å². The van der Waals surface area contributed by atoms with Gasteiger partial charge in [-0.2, -0.15) is 0 Å². The van der Waals surface area contributed by atoms with E-state index in [1.807, 2.05) is 24.3 Å². The van der Waals surface area contributed by atoms with Gasteiger partial charge in [-0.1, -0.05) is 30.2 Å². The molecular weight excluding hydrogens is 314 g/mol. The fourth-order valence-electron chi connectivity index (χ4n) is 3.52. The van der Waals surface area contributed by atoms with Crippen molar-refractivity contribution in [2.24, 2.45) is 0 Å². The first-order valence-electron chi connectivity index (χ1n) is 8.23. The molecule has 3 atom stereocenters. The molecule has 3 N–H and O–H groups in total. The number of rotatable bonds is 3. The van der Waals surface area contributed by atoms with E-state index in [2.05, 4.69) is 16.0 Å². The molecule has 1 saturated carbocycles. The van der Waals surface area contributed by atoms with E-state index in [0.717, 1.165) is 30.7 Å². The number of carbonyl (C=O) groups is 2. The zero-order valence-corrected chi connectivity index (χ0v) is 13.7. The van der Waals surface area contributed by atoms with Crippen LogP contribution in [0.5, 0.6) is 0 Å². The quantitative estimate of drug-likeness (QED) is 0.794. The predicted molar refractivity (Wildman–Crippen MR) is 89.5 cm³/mol. The highest BCUT2D eigenvalue weighted by Gasteiger charge is 2.31. The number of hydrogen-bond donors (Lipinski definition) is 3. The highest BCUT2D eigenvalue weighted by molar-refractivity contribution is 6.30. The van der Waals surface area contributed by atoms with Crippen molar-refractivity contribution >= 4 is 23.5 Å². The Bertz CT molecular complexity index is 576. The average Bonchev–Trinajstić information content (AvgIpc) is 2.98. The zero-order valence-electron chi connectivity index (χ0n) is 13.0. The fraction of sp³-hybridized carbons (Fsp3) is 0.529. The van der Waals surface area contributed by atoms with Crippen LogP contribution in [0.25, 0.3) is 0 Å².